The Bertz CT molecular complexity index is 148. The van der Waals surface area contributed by atoms with Gasteiger partial charge in [-0.05, 0) is 12.1 Å². The van der Waals surface area contributed by atoms with Crippen molar-refractivity contribution in [2.24, 2.45) is 0 Å². The first kappa shape index (κ1) is 6.13. The number of nitrogens with one attached hydrogen (secondary N) is 1. The van der Waals surface area contributed by atoms with Gasteiger partial charge < -0.3 is 5.43 Å². The molecule has 50 valence electrons. The molecule has 1 aromatic heterocycles. The van der Waals surface area contributed by atoms with Crippen LogP contribution >= 0.6 is 0 Å². The largest absolute Gasteiger partial charge is 0.324 e. The molecule has 3 heteroatoms. The summed E-state index contributed by atoms with van der Waals surface area (Å²) < 4.78 is 13.2. The van der Waals surface area contributed by atoms with E-state index in [-0.39, 0.29) is 6.67 Å². The monoisotopic (exact) mass is 128 g/mol. The summed E-state index contributed by atoms with van der Waals surface area (Å²) in [5.41, 5.74) is 2.82. The van der Waals surface area contributed by atoms with E-state index in [1.807, 2.05) is 24.5 Å². The van der Waals surface area contributed by atoms with Crippen LogP contribution in [0.5, 0.6) is 0 Å². The fourth-order valence-corrected chi connectivity index (χ4v) is 0.611. The molecule has 1 N–H and O–H groups in total. The molecule has 0 spiro atoms. The lowest BCUT2D eigenvalue weighted by atomic mass is 10.7. The van der Waals surface area contributed by atoms with Crippen LogP contribution in [-0.4, -0.2) is 17.9 Å². The molecule has 0 amide bonds. The van der Waals surface area contributed by atoms with Crippen molar-refractivity contribution in [3.8, 4) is 0 Å². The second kappa shape index (κ2) is 3.12. The van der Waals surface area contributed by atoms with Gasteiger partial charge in [-0.15, -0.1) is 0 Å². The van der Waals surface area contributed by atoms with Gasteiger partial charge in [0.1, 0.15) is 6.67 Å². The average Bonchev–Trinajstić information content (AvgIpc) is 2.34. The van der Waals surface area contributed by atoms with E-state index < -0.39 is 0 Å². The highest BCUT2D eigenvalue weighted by atomic mass is 19.1. The van der Waals surface area contributed by atoms with Gasteiger partial charge in [-0.3, -0.25) is 4.68 Å². The number of hydrogen-bond donors (Lipinski definition) is 1. The van der Waals surface area contributed by atoms with E-state index in [2.05, 4.69) is 5.43 Å². The molecule has 1 rings (SSSR count). The van der Waals surface area contributed by atoms with Crippen molar-refractivity contribution in [3.05, 3.63) is 24.5 Å². The summed E-state index contributed by atoms with van der Waals surface area (Å²) in [6.07, 6.45) is 3.66. The highest BCUT2D eigenvalue weighted by Gasteiger charge is 1.82. The zero-order chi connectivity index (χ0) is 6.53. The predicted molar refractivity (Wildman–Crippen MR) is 34.6 cm³/mol. The number of hydrogen-bond acceptors (Lipinski definition) is 1. The number of nitrogens with zero attached hydrogens (tertiary/aromatic N) is 1. The summed E-state index contributed by atoms with van der Waals surface area (Å²) in [7, 11) is 0. The van der Waals surface area contributed by atoms with Crippen LogP contribution < -0.4 is 5.43 Å². The van der Waals surface area contributed by atoms with Crippen LogP contribution in [0.1, 0.15) is 0 Å². The maximum Gasteiger partial charge on any atom is 0.108 e. The zero-order valence-corrected chi connectivity index (χ0v) is 5.05. The molecule has 0 aliphatic carbocycles. The van der Waals surface area contributed by atoms with Crippen LogP contribution in [0.4, 0.5) is 4.39 Å². The Balaban J connectivity index is 2.30. The summed E-state index contributed by atoms with van der Waals surface area (Å²) in [6, 6.07) is 3.76. The van der Waals surface area contributed by atoms with Crippen molar-refractivity contribution in [3.63, 3.8) is 0 Å². The molecule has 0 unspecified atom stereocenters. The highest BCUT2D eigenvalue weighted by molar-refractivity contribution is 4.92. The Morgan fingerprint density at radius 3 is 2.56 bits per heavy atom. The third kappa shape index (κ3) is 1.76. The molecule has 0 aliphatic heterocycles. The van der Waals surface area contributed by atoms with Gasteiger partial charge >= 0.3 is 0 Å². The molecule has 0 aromatic carbocycles. The molecule has 1 aromatic rings. The normalized spacial score (nSPS) is 9.44. The first-order chi connectivity index (χ1) is 4.43. The lowest BCUT2D eigenvalue weighted by Gasteiger charge is -2.02. The Morgan fingerprint density at radius 1 is 1.33 bits per heavy atom. The van der Waals surface area contributed by atoms with Crippen molar-refractivity contribution < 1.29 is 4.39 Å². The van der Waals surface area contributed by atoms with Gasteiger partial charge in [0.05, 0.1) is 6.54 Å². The van der Waals surface area contributed by atoms with Crippen LogP contribution in [0.2, 0.25) is 0 Å². The third-order valence-electron chi connectivity index (χ3n) is 0.993. The van der Waals surface area contributed by atoms with Crippen molar-refractivity contribution in [1.82, 2.24) is 4.68 Å². The molecule has 9 heavy (non-hydrogen) atoms. The fourth-order valence-electron chi connectivity index (χ4n) is 0.611. The Morgan fingerprint density at radius 2 is 2.00 bits per heavy atom. The second-order valence-electron chi connectivity index (χ2n) is 1.69. The topological polar surface area (TPSA) is 17.0 Å². The molecular formula is C6H9FN2. The van der Waals surface area contributed by atoms with Gasteiger partial charge in [-0.2, -0.15) is 0 Å². The minimum absolute atomic E-state index is 0.335. The third-order valence-corrected chi connectivity index (χ3v) is 0.993. The molecule has 0 bridgehead atoms. The quantitative estimate of drug-likeness (QED) is 0.642. The van der Waals surface area contributed by atoms with Crippen molar-refractivity contribution in [1.29, 1.82) is 0 Å². The first-order valence-corrected chi connectivity index (χ1v) is 2.86. The van der Waals surface area contributed by atoms with E-state index in [0.717, 1.165) is 0 Å². The molecule has 1 heterocycles. The minimum atomic E-state index is -0.335. The second-order valence-corrected chi connectivity index (χ2v) is 1.69. The van der Waals surface area contributed by atoms with Crippen LogP contribution in [0.25, 0.3) is 0 Å². The smallest absolute Gasteiger partial charge is 0.108 e. The molecular weight excluding hydrogens is 119 g/mol. The van der Waals surface area contributed by atoms with Crippen LogP contribution in [0.3, 0.4) is 0 Å². The maximum absolute atomic E-state index is 11.5. The van der Waals surface area contributed by atoms with Gasteiger partial charge in [0.25, 0.3) is 0 Å². The van der Waals surface area contributed by atoms with Gasteiger partial charge in [-0.25, -0.2) is 4.39 Å². The van der Waals surface area contributed by atoms with Crippen molar-refractivity contribution >= 4 is 0 Å². The van der Waals surface area contributed by atoms with Gasteiger partial charge in [0.2, 0.25) is 0 Å². The van der Waals surface area contributed by atoms with Gasteiger partial charge in [0, 0.05) is 12.4 Å². The van der Waals surface area contributed by atoms with E-state index in [1.54, 1.807) is 4.68 Å². The minimum Gasteiger partial charge on any atom is -0.324 e. The maximum atomic E-state index is 11.5. The molecule has 0 atom stereocenters. The zero-order valence-electron chi connectivity index (χ0n) is 5.05. The number of alkyl halides is 1. The first-order valence-electron chi connectivity index (χ1n) is 2.86. The lowest BCUT2D eigenvalue weighted by Crippen LogP contribution is -2.14. The standard InChI is InChI=1S/C6H9FN2/c7-3-4-8-9-5-1-2-6-9/h1-2,5-6,8H,3-4H2. The Hall–Kier alpha value is -0.990. The summed E-state index contributed by atoms with van der Waals surface area (Å²) >= 11 is 0. The van der Waals surface area contributed by atoms with Crippen LogP contribution in [0.15, 0.2) is 24.5 Å². The number of halogens is 1. The SMILES string of the molecule is FCCNn1cccc1. The van der Waals surface area contributed by atoms with Crippen molar-refractivity contribution in [2.75, 3.05) is 18.6 Å². The van der Waals surface area contributed by atoms with E-state index in [4.69, 9.17) is 0 Å². The van der Waals surface area contributed by atoms with Gasteiger partial charge in [0.15, 0.2) is 0 Å². The lowest BCUT2D eigenvalue weighted by molar-refractivity contribution is 0.501. The molecule has 0 aliphatic rings. The van der Waals surface area contributed by atoms with Crippen LogP contribution in [0, 0.1) is 0 Å². The van der Waals surface area contributed by atoms with Crippen LogP contribution in [-0.2, 0) is 0 Å². The average molecular weight is 128 g/mol. The number of aromatic nitrogens is 1. The van der Waals surface area contributed by atoms with Crippen molar-refractivity contribution in [2.45, 2.75) is 0 Å². The summed E-state index contributed by atoms with van der Waals surface area (Å²) in [5, 5.41) is 0. The summed E-state index contributed by atoms with van der Waals surface area (Å²) in [6.45, 7) is 0.0346. The molecule has 2 nitrogen and oxygen atoms in total. The van der Waals surface area contributed by atoms with E-state index >= 15 is 0 Å². The molecule has 0 saturated carbocycles. The molecule has 0 saturated heterocycles. The molecule has 0 fully saturated rings. The van der Waals surface area contributed by atoms with E-state index in [0.29, 0.717) is 6.54 Å². The Kier molecular flexibility index (Phi) is 2.13. The predicted octanol–water partition coefficient (Wildman–Crippen LogP) is 1.00. The number of rotatable bonds is 3. The highest BCUT2D eigenvalue weighted by Crippen LogP contribution is 1.83. The molecule has 0 radical (unpaired) electrons. The Labute approximate surface area is 53.3 Å². The van der Waals surface area contributed by atoms with Gasteiger partial charge in [-0.1, -0.05) is 0 Å². The van der Waals surface area contributed by atoms with E-state index in [1.165, 1.54) is 0 Å². The summed E-state index contributed by atoms with van der Waals surface area (Å²) in [5.74, 6) is 0. The summed E-state index contributed by atoms with van der Waals surface area (Å²) in [4.78, 5) is 0. The fraction of sp³-hybridized carbons (Fsp3) is 0.333. The van der Waals surface area contributed by atoms with E-state index in [9.17, 15) is 4.39 Å².